The number of carbonyl (C=O) groups excluding carboxylic acids is 3. The molecule has 0 bridgehead atoms. The molecule has 0 fully saturated rings. The zero-order valence-electron chi connectivity index (χ0n) is 14.4. The summed E-state index contributed by atoms with van der Waals surface area (Å²) < 4.78 is 1.53. The molecule has 0 radical (unpaired) electrons. The third-order valence-corrected chi connectivity index (χ3v) is 4.34. The van der Waals surface area contributed by atoms with Crippen molar-refractivity contribution in [1.82, 2.24) is 9.66 Å². The lowest BCUT2D eigenvalue weighted by Gasteiger charge is -2.29. The van der Waals surface area contributed by atoms with Crippen molar-refractivity contribution in [2.45, 2.75) is 12.8 Å². The quantitative estimate of drug-likeness (QED) is 0.740. The van der Waals surface area contributed by atoms with Crippen LogP contribution < -0.4 is 15.6 Å². The highest BCUT2D eigenvalue weighted by molar-refractivity contribution is 6.10. The van der Waals surface area contributed by atoms with E-state index in [-0.39, 0.29) is 37.1 Å². The number of fused-ring (bicyclic) bond motifs is 2. The molecule has 0 spiro atoms. The van der Waals surface area contributed by atoms with Gasteiger partial charge in [0.05, 0.1) is 22.4 Å². The monoisotopic (exact) mass is 363 g/mol. The summed E-state index contributed by atoms with van der Waals surface area (Å²) in [7, 11) is 0. The van der Waals surface area contributed by atoms with Gasteiger partial charge in [0.1, 0.15) is 12.9 Å². The molecule has 136 valence electrons. The fourth-order valence-electron chi connectivity index (χ4n) is 3.05. The average Bonchev–Trinajstić information content (AvgIpc) is 3.08. The van der Waals surface area contributed by atoms with Gasteiger partial charge in [-0.2, -0.15) is 0 Å². The minimum atomic E-state index is -0.304. The zero-order valence-corrected chi connectivity index (χ0v) is 14.4. The topological polar surface area (TPSA) is 96.3 Å². The molecule has 0 saturated heterocycles. The van der Waals surface area contributed by atoms with Crippen LogP contribution in [-0.2, 0) is 14.4 Å². The first-order valence-corrected chi connectivity index (χ1v) is 8.53. The highest BCUT2D eigenvalue weighted by Gasteiger charge is 2.26. The molecule has 0 atom stereocenters. The summed E-state index contributed by atoms with van der Waals surface area (Å²) >= 11 is 0. The molecule has 3 aromatic rings. The maximum absolute atomic E-state index is 12.6. The molecule has 2 heterocycles. The number of carbonyl (C=O) groups is 3. The van der Waals surface area contributed by atoms with Gasteiger partial charge in [-0.15, -0.1) is 0 Å². The van der Waals surface area contributed by atoms with E-state index in [1.165, 1.54) is 15.9 Å². The van der Waals surface area contributed by atoms with Gasteiger partial charge in [0.15, 0.2) is 0 Å². The van der Waals surface area contributed by atoms with Crippen molar-refractivity contribution in [1.29, 1.82) is 0 Å². The molecule has 2 N–H and O–H groups in total. The molecule has 4 rings (SSSR count). The number of rotatable bonds is 4. The Hall–Kier alpha value is -3.68. The normalized spacial score (nSPS) is 13.2. The molecule has 27 heavy (non-hydrogen) atoms. The number of nitrogens with zero attached hydrogens (tertiary/aromatic N) is 3. The Labute approximate surface area is 154 Å². The Morgan fingerprint density at radius 1 is 1.07 bits per heavy atom. The van der Waals surface area contributed by atoms with Gasteiger partial charge >= 0.3 is 0 Å². The predicted molar refractivity (Wildman–Crippen MR) is 101 cm³/mol. The molecule has 2 aromatic carbocycles. The molecule has 0 aliphatic carbocycles. The van der Waals surface area contributed by atoms with E-state index >= 15 is 0 Å². The number of benzene rings is 2. The summed E-state index contributed by atoms with van der Waals surface area (Å²) in [6.07, 6.45) is 1.53. The zero-order chi connectivity index (χ0) is 18.8. The van der Waals surface area contributed by atoms with Crippen LogP contribution in [0.4, 0.5) is 11.4 Å². The van der Waals surface area contributed by atoms with Crippen LogP contribution in [-0.4, -0.2) is 33.9 Å². The van der Waals surface area contributed by atoms with Crippen LogP contribution in [0.5, 0.6) is 0 Å². The fourth-order valence-corrected chi connectivity index (χ4v) is 3.05. The van der Waals surface area contributed by atoms with Crippen LogP contribution in [0, 0.1) is 0 Å². The number of aromatic nitrogens is 2. The summed E-state index contributed by atoms with van der Waals surface area (Å²) in [6, 6.07) is 14.5. The molecule has 8 nitrogen and oxygen atoms in total. The third-order valence-electron chi connectivity index (χ3n) is 4.34. The molecular formula is C19H17N5O3. The van der Waals surface area contributed by atoms with Gasteiger partial charge in [0.2, 0.25) is 17.7 Å². The van der Waals surface area contributed by atoms with Crippen LogP contribution in [0.3, 0.4) is 0 Å². The second-order valence-electron chi connectivity index (χ2n) is 6.18. The Kier molecular flexibility index (Phi) is 4.29. The molecule has 1 aliphatic heterocycles. The predicted octanol–water partition coefficient (Wildman–Crippen LogP) is 1.87. The minimum Gasteiger partial charge on any atom is -0.323 e. The standard InChI is InChI=1S/C19H17N5O3/c25-17(22-24-12-20-13-5-1-4-8-16(13)24)9-10-19(27)23-11-18(26)21-14-6-2-3-7-15(14)23/h1-8,12H,9-11H2,(H,21,26)(H,22,25). The van der Waals surface area contributed by atoms with E-state index in [9.17, 15) is 14.4 Å². The van der Waals surface area contributed by atoms with Crippen LogP contribution in [0.2, 0.25) is 0 Å². The summed E-state index contributed by atoms with van der Waals surface area (Å²) in [5.41, 5.74) is 5.50. The SMILES string of the molecule is O=C1CN(C(=O)CCC(=O)Nn2cnc3ccccc32)c2ccccc2N1. The van der Waals surface area contributed by atoms with Crippen molar-refractivity contribution in [3.63, 3.8) is 0 Å². The number of anilines is 2. The summed E-state index contributed by atoms with van der Waals surface area (Å²) in [6.45, 7) is -0.0520. The first kappa shape index (κ1) is 16.8. The lowest BCUT2D eigenvalue weighted by Crippen LogP contribution is -2.42. The van der Waals surface area contributed by atoms with Gasteiger partial charge in [-0.3, -0.25) is 19.8 Å². The van der Waals surface area contributed by atoms with E-state index in [1.54, 1.807) is 24.3 Å². The molecule has 8 heteroatoms. The van der Waals surface area contributed by atoms with Gasteiger partial charge in [-0.05, 0) is 24.3 Å². The highest BCUT2D eigenvalue weighted by Crippen LogP contribution is 2.29. The smallest absolute Gasteiger partial charge is 0.244 e. The van der Waals surface area contributed by atoms with Gasteiger partial charge in [-0.1, -0.05) is 24.3 Å². The van der Waals surface area contributed by atoms with Crippen LogP contribution >= 0.6 is 0 Å². The van der Waals surface area contributed by atoms with E-state index in [4.69, 9.17) is 0 Å². The Morgan fingerprint density at radius 2 is 1.85 bits per heavy atom. The number of imidazole rings is 1. The number of hydrogen-bond donors (Lipinski definition) is 2. The van der Waals surface area contributed by atoms with E-state index in [1.807, 2.05) is 24.3 Å². The Bertz CT molecular complexity index is 1040. The molecule has 1 aliphatic rings. The largest absolute Gasteiger partial charge is 0.323 e. The first-order valence-electron chi connectivity index (χ1n) is 8.53. The maximum Gasteiger partial charge on any atom is 0.244 e. The second kappa shape index (κ2) is 6.91. The van der Waals surface area contributed by atoms with Crippen molar-refractivity contribution >= 4 is 40.1 Å². The van der Waals surface area contributed by atoms with Gasteiger partial charge < -0.3 is 10.2 Å². The van der Waals surface area contributed by atoms with Crippen LogP contribution in [0.25, 0.3) is 11.0 Å². The Morgan fingerprint density at radius 3 is 2.74 bits per heavy atom. The summed E-state index contributed by atoms with van der Waals surface area (Å²) in [5, 5.41) is 2.73. The van der Waals surface area contributed by atoms with E-state index in [2.05, 4.69) is 15.7 Å². The fraction of sp³-hybridized carbons (Fsp3) is 0.158. The van der Waals surface area contributed by atoms with Gasteiger partial charge in [0, 0.05) is 12.8 Å². The number of nitrogens with one attached hydrogen (secondary N) is 2. The molecule has 0 saturated carbocycles. The molecule has 1 aromatic heterocycles. The van der Waals surface area contributed by atoms with Crippen LogP contribution in [0.15, 0.2) is 54.9 Å². The van der Waals surface area contributed by atoms with Crippen molar-refractivity contribution in [3.8, 4) is 0 Å². The summed E-state index contributed by atoms with van der Waals surface area (Å²) in [4.78, 5) is 42.2. The lowest BCUT2D eigenvalue weighted by atomic mass is 10.1. The van der Waals surface area contributed by atoms with Gasteiger partial charge in [0.25, 0.3) is 0 Å². The summed E-state index contributed by atoms with van der Waals surface area (Å²) in [5.74, 6) is -0.833. The number of amides is 3. The van der Waals surface area contributed by atoms with Crippen molar-refractivity contribution in [2.24, 2.45) is 0 Å². The first-order chi connectivity index (χ1) is 13.1. The number of para-hydroxylation sites is 4. The van der Waals surface area contributed by atoms with E-state index < -0.39 is 0 Å². The lowest BCUT2D eigenvalue weighted by molar-refractivity contribution is -0.124. The second-order valence-corrected chi connectivity index (χ2v) is 6.18. The third kappa shape index (κ3) is 3.37. The average molecular weight is 363 g/mol. The minimum absolute atomic E-state index is 0.0000767. The molecule has 0 unspecified atom stereocenters. The van der Waals surface area contributed by atoms with Crippen molar-refractivity contribution in [3.05, 3.63) is 54.9 Å². The molecule has 3 amide bonds. The van der Waals surface area contributed by atoms with Crippen molar-refractivity contribution in [2.75, 3.05) is 22.2 Å². The van der Waals surface area contributed by atoms with Gasteiger partial charge in [-0.25, -0.2) is 9.66 Å². The highest BCUT2D eigenvalue weighted by atomic mass is 16.2. The van der Waals surface area contributed by atoms with E-state index in [0.29, 0.717) is 11.4 Å². The Balaban J connectivity index is 1.41. The van der Waals surface area contributed by atoms with Crippen LogP contribution in [0.1, 0.15) is 12.8 Å². The van der Waals surface area contributed by atoms with Crippen molar-refractivity contribution < 1.29 is 14.4 Å². The molecular weight excluding hydrogens is 346 g/mol. The number of hydrogen-bond acceptors (Lipinski definition) is 4. The maximum atomic E-state index is 12.6. The van der Waals surface area contributed by atoms with E-state index in [0.717, 1.165) is 11.0 Å².